The minimum Gasteiger partial charge on any atom is -0.256 e. The average Bonchev–Trinajstić information content (AvgIpc) is 3.19. The standard InChI is InChI=1S/C49H29N/c1-5-30-13-15-34-17-22-41(43-24-19-32(7-1)46(30)48(34)43)37-10-3-9-36(27-37)40-21-26-45(50-29-40)39-12-4-11-38(28-39)42-23-18-35-16-14-31-6-2-8-33-20-25-44(42)49(35)47(31)33/h1-29H. The van der Waals surface area contributed by atoms with Crippen LogP contribution in [0, 0.1) is 0 Å². The largest absolute Gasteiger partial charge is 0.256 e. The number of nitrogens with zero attached hydrogens (tertiary/aromatic N) is 1. The summed E-state index contributed by atoms with van der Waals surface area (Å²) >= 11 is 0. The van der Waals surface area contributed by atoms with E-state index in [-0.39, 0.29) is 0 Å². The van der Waals surface area contributed by atoms with Crippen LogP contribution in [0.1, 0.15) is 0 Å². The van der Waals surface area contributed by atoms with Crippen molar-refractivity contribution in [1.82, 2.24) is 4.98 Å². The van der Waals surface area contributed by atoms with Crippen LogP contribution in [0.4, 0.5) is 0 Å². The van der Waals surface area contributed by atoms with Gasteiger partial charge >= 0.3 is 0 Å². The number of pyridine rings is 1. The first-order valence-electron chi connectivity index (χ1n) is 17.3. The van der Waals surface area contributed by atoms with Crippen molar-refractivity contribution in [2.24, 2.45) is 0 Å². The molecule has 11 rings (SSSR count). The van der Waals surface area contributed by atoms with Crippen molar-refractivity contribution in [3.63, 3.8) is 0 Å². The minimum absolute atomic E-state index is 0.969. The molecule has 0 aliphatic rings. The van der Waals surface area contributed by atoms with Gasteiger partial charge < -0.3 is 0 Å². The summed E-state index contributed by atoms with van der Waals surface area (Å²) in [5.41, 5.74) is 9.27. The summed E-state index contributed by atoms with van der Waals surface area (Å²) < 4.78 is 0. The van der Waals surface area contributed by atoms with Crippen LogP contribution in [0.3, 0.4) is 0 Å². The summed E-state index contributed by atoms with van der Waals surface area (Å²) in [5.74, 6) is 0. The van der Waals surface area contributed by atoms with Crippen molar-refractivity contribution >= 4 is 64.6 Å². The molecule has 0 saturated heterocycles. The Labute approximate surface area is 289 Å². The van der Waals surface area contributed by atoms with E-state index >= 15 is 0 Å². The van der Waals surface area contributed by atoms with Gasteiger partial charge in [-0.25, -0.2) is 0 Å². The van der Waals surface area contributed by atoms with E-state index in [9.17, 15) is 0 Å². The molecule has 0 aliphatic heterocycles. The maximum atomic E-state index is 5.00. The van der Waals surface area contributed by atoms with E-state index in [0.717, 1.165) is 22.4 Å². The Kier molecular flexibility index (Phi) is 5.73. The Balaban J connectivity index is 0.959. The Morgan fingerprint density at radius 2 is 0.700 bits per heavy atom. The molecule has 0 bridgehead atoms. The van der Waals surface area contributed by atoms with Crippen molar-refractivity contribution in [2.45, 2.75) is 0 Å². The van der Waals surface area contributed by atoms with Gasteiger partial charge in [-0.3, -0.25) is 4.98 Å². The van der Waals surface area contributed by atoms with E-state index in [4.69, 9.17) is 4.98 Å². The normalized spacial score (nSPS) is 12.0. The fraction of sp³-hybridized carbons (Fsp3) is 0. The van der Waals surface area contributed by atoms with Gasteiger partial charge in [0.25, 0.3) is 0 Å². The van der Waals surface area contributed by atoms with Gasteiger partial charge in [-0.15, -0.1) is 0 Å². The highest BCUT2D eigenvalue weighted by atomic mass is 14.7. The van der Waals surface area contributed by atoms with Crippen molar-refractivity contribution in [3.05, 3.63) is 176 Å². The summed E-state index contributed by atoms with van der Waals surface area (Å²) in [6, 6.07) is 62.4. The first-order chi connectivity index (χ1) is 24.8. The van der Waals surface area contributed by atoms with Crippen LogP contribution in [0.2, 0.25) is 0 Å². The van der Waals surface area contributed by atoms with E-state index < -0.39 is 0 Å². The molecule has 230 valence electrons. The van der Waals surface area contributed by atoms with Gasteiger partial charge in [0.15, 0.2) is 0 Å². The Hall–Kier alpha value is -6.57. The SMILES string of the molecule is c1cc(-c2ccc(-c3cccc(-c4ccc5ccc6cccc7ccc4c5c67)c3)nc2)cc(-c2ccc3ccc4cccc5ccc2c3c45)c1. The molecule has 50 heavy (non-hydrogen) atoms. The number of benzene rings is 10. The molecule has 0 fully saturated rings. The fourth-order valence-electron chi connectivity index (χ4n) is 8.42. The molecule has 0 saturated carbocycles. The quantitative estimate of drug-likeness (QED) is 0.176. The highest BCUT2D eigenvalue weighted by molar-refractivity contribution is 6.26. The van der Waals surface area contributed by atoms with Crippen molar-refractivity contribution in [1.29, 1.82) is 0 Å². The van der Waals surface area contributed by atoms with Crippen LogP contribution in [0.15, 0.2) is 176 Å². The molecule has 1 aromatic heterocycles. The lowest BCUT2D eigenvalue weighted by Crippen LogP contribution is -1.89. The zero-order valence-corrected chi connectivity index (χ0v) is 27.2. The lowest BCUT2D eigenvalue weighted by Gasteiger charge is -2.15. The summed E-state index contributed by atoms with van der Waals surface area (Å²) in [6.07, 6.45) is 2.02. The number of rotatable bonds is 4. The zero-order chi connectivity index (χ0) is 32.8. The van der Waals surface area contributed by atoms with Crippen molar-refractivity contribution in [3.8, 4) is 44.6 Å². The van der Waals surface area contributed by atoms with E-state index in [1.807, 2.05) is 6.20 Å². The predicted octanol–water partition coefficient (Wildman–Crippen LogP) is 13.5. The Bertz CT molecular complexity index is 2840. The highest BCUT2D eigenvalue weighted by Gasteiger charge is 2.15. The summed E-state index contributed by atoms with van der Waals surface area (Å²) in [6.45, 7) is 0. The zero-order valence-electron chi connectivity index (χ0n) is 27.2. The lowest BCUT2D eigenvalue weighted by molar-refractivity contribution is 1.33. The Morgan fingerprint density at radius 3 is 1.22 bits per heavy atom. The second-order valence-electron chi connectivity index (χ2n) is 13.5. The molecule has 1 heterocycles. The van der Waals surface area contributed by atoms with Gasteiger partial charge in [0, 0.05) is 17.3 Å². The molecule has 0 radical (unpaired) electrons. The van der Waals surface area contributed by atoms with Crippen molar-refractivity contribution < 1.29 is 0 Å². The van der Waals surface area contributed by atoms with Crippen LogP contribution in [-0.4, -0.2) is 4.98 Å². The van der Waals surface area contributed by atoms with Gasteiger partial charge in [0.2, 0.25) is 0 Å². The predicted molar refractivity (Wildman–Crippen MR) is 213 cm³/mol. The third kappa shape index (κ3) is 4.04. The first kappa shape index (κ1) is 27.4. The van der Waals surface area contributed by atoms with Crippen molar-refractivity contribution in [2.75, 3.05) is 0 Å². The van der Waals surface area contributed by atoms with E-state index in [1.54, 1.807) is 0 Å². The summed E-state index contributed by atoms with van der Waals surface area (Å²) in [5, 5.41) is 15.7. The van der Waals surface area contributed by atoms with Crippen LogP contribution in [-0.2, 0) is 0 Å². The summed E-state index contributed by atoms with van der Waals surface area (Å²) in [4.78, 5) is 5.00. The average molecular weight is 632 g/mol. The van der Waals surface area contributed by atoms with E-state index in [1.165, 1.54) is 86.9 Å². The third-order valence-electron chi connectivity index (χ3n) is 10.8. The topological polar surface area (TPSA) is 12.9 Å². The lowest BCUT2D eigenvalue weighted by atomic mass is 9.89. The molecule has 0 unspecified atom stereocenters. The van der Waals surface area contributed by atoms with Gasteiger partial charge in [0.1, 0.15) is 0 Å². The molecule has 11 aromatic rings. The monoisotopic (exact) mass is 631 g/mol. The molecular weight excluding hydrogens is 603 g/mol. The van der Waals surface area contributed by atoms with Crippen LogP contribution < -0.4 is 0 Å². The minimum atomic E-state index is 0.969. The molecular formula is C49H29N. The third-order valence-corrected chi connectivity index (χ3v) is 10.8. The highest BCUT2D eigenvalue weighted by Crippen LogP contribution is 2.42. The van der Waals surface area contributed by atoms with Gasteiger partial charge in [-0.05, 0) is 111 Å². The molecule has 10 aromatic carbocycles. The molecule has 0 atom stereocenters. The maximum Gasteiger partial charge on any atom is 0.0702 e. The fourth-order valence-corrected chi connectivity index (χ4v) is 8.42. The molecule has 0 aliphatic carbocycles. The van der Waals surface area contributed by atoms with Crippen LogP contribution >= 0.6 is 0 Å². The second kappa shape index (κ2) is 10.5. The molecule has 0 N–H and O–H groups in total. The van der Waals surface area contributed by atoms with Gasteiger partial charge in [0.05, 0.1) is 5.69 Å². The smallest absolute Gasteiger partial charge is 0.0702 e. The Morgan fingerprint density at radius 1 is 0.280 bits per heavy atom. The van der Waals surface area contributed by atoms with E-state index in [0.29, 0.717) is 0 Å². The summed E-state index contributed by atoms with van der Waals surface area (Å²) in [7, 11) is 0. The number of hydrogen-bond donors (Lipinski definition) is 0. The number of hydrogen-bond acceptors (Lipinski definition) is 1. The van der Waals surface area contributed by atoms with Gasteiger partial charge in [-0.1, -0.05) is 152 Å². The van der Waals surface area contributed by atoms with Crippen LogP contribution in [0.25, 0.3) is 109 Å². The molecule has 1 nitrogen and oxygen atoms in total. The van der Waals surface area contributed by atoms with E-state index in [2.05, 4.69) is 170 Å². The first-order valence-corrected chi connectivity index (χ1v) is 17.3. The maximum absolute atomic E-state index is 5.00. The van der Waals surface area contributed by atoms with Gasteiger partial charge in [-0.2, -0.15) is 0 Å². The second-order valence-corrected chi connectivity index (χ2v) is 13.5. The molecule has 0 spiro atoms. The number of aromatic nitrogens is 1. The van der Waals surface area contributed by atoms with Crippen LogP contribution in [0.5, 0.6) is 0 Å². The molecule has 0 amide bonds. The molecule has 1 heteroatoms.